The molecule has 2 heterocycles. The second kappa shape index (κ2) is 6.39. The molecule has 0 spiro atoms. The van der Waals surface area contributed by atoms with Crippen LogP contribution >= 0.6 is 0 Å². The number of rotatable bonds is 2. The number of hydrogen-bond acceptors (Lipinski definition) is 4. The Balaban J connectivity index is 2.14. The number of amides is 1. The lowest BCUT2D eigenvalue weighted by Gasteiger charge is -2.20. The maximum Gasteiger partial charge on any atom is 0.328 e. The highest BCUT2D eigenvalue weighted by Gasteiger charge is 2.19. The van der Waals surface area contributed by atoms with Crippen molar-refractivity contribution in [3.05, 3.63) is 32.6 Å². The van der Waals surface area contributed by atoms with Gasteiger partial charge in [-0.05, 0) is 25.2 Å². The number of hydrogen-bond donors (Lipinski definition) is 1. The lowest BCUT2D eigenvalue weighted by molar-refractivity contribution is -0.131. The van der Waals surface area contributed by atoms with Gasteiger partial charge in [-0.1, -0.05) is 6.92 Å². The Kier molecular flexibility index (Phi) is 4.58. The first kappa shape index (κ1) is 15.0. The molecule has 2 rings (SSSR count). The van der Waals surface area contributed by atoms with Gasteiger partial charge >= 0.3 is 5.69 Å². The highest BCUT2D eigenvalue weighted by Crippen LogP contribution is 2.16. The largest absolute Gasteiger partial charge is 0.341 e. The van der Waals surface area contributed by atoms with Crippen LogP contribution in [-0.4, -0.2) is 33.4 Å². The third kappa shape index (κ3) is 3.60. The van der Waals surface area contributed by atoms with Crippen LogP contribution in [-0.2, 0) is 11.3 Å². The predicted molar refractivity (Wildman–Crippen MR) is 75.6 cm³/mol. The van der Waals surface area contributed by atoms with E-state index in [0.29, 0.717) is 19.0 Å². The molecular formula is C14H18N4O3. The first-order chi connectivity index (χ1) is 10.0. The van der Waals surface area contributed by atoms with E-state index in [1.807, 2.05) is 4.98 Å². The van der Waals surface area contributed by atoms with Crippen molar-refractivity contribution >= 4 is 5.91 Å². The summed E-state index contributed by atoms with van der Waals surface area (Å²) in [6.07, 6.45) is 4.15. The highest BCUT2D eigenvalue weighted by atomic mass is 16.2. The summed E-state index contributed by atoms with van der Waals surface area (Å²) in [5, 5.41) is 8.80. The molecule has 7 nitrogen and oxygen atoms in total. The predicted octanol–water partition coefficient (Wildman–Crippen LogP) is 0.0569. The average molecular weight is 290 g/mol. The van der Waals surface area contributed by atoms with Crippen molar-refractivity contribution < 1.29 is 4.79 Å². The van der Waals surface area contributed by atoms with Gasteiger partial charge in [-0.15, -0.1) is 0 Å². The molecule has 1 fully saturated rings. The first-order valence-corrected chi connectivity index (χ1v) is 7.03. The summed E-state index contributed by atoms with van der Waals surface area (Å²) < 4.78 is 1.08. The molecule has 0 saturated carbocycles. The van der Waals surface area contributed by atoms with E-state index < -0.39 is 11.2 Å². The normalized spacial score (nSPS) is 18.9. The van der Waals surface area contributed by atoms with E-state index >= 15 is 0 Å². The van der Waals surface area contributed by atoms with Crippen LogP contribution in [0, 0.1) is 17.2 Å². The van der Waals surface area contributed by atoms with E-state index in [2.05, 4.69) is 6.92 Å². The maximum absolute atomic E-state index is 12.3. The monoisotopic (exact) mass is 290 g/mol. The molecule has 7 heteroatoms. The van der Waals surface area contributed by atoms with Crippen molar-refractivity contribution in [2.75, 3.05) is 13.1 Å². The molecule has 0 aromatic carbocycles. The molecule has 1 aromatic heterocycles. The molecule has 1 amide bonds. The molecule has 0 radical (unpaired) electrons. The Bertz CT molecular complexity index is 683. The summed E-state index contributed by atoms with van der Waals surface area (Å²) in [7, 11) is 0. The SMILES string of the molecule is C[C@H]1CCCN(C(=O)Cn2cc(C#N)c(=O)[nH]c2=O)CC1. The van der Waals surface area contributed by atoms with Crippen LogP contribution in [0.15, 0.2) is 15.8 Å². The fourth-order valence-electron chi connectivity index (χ4n) is 2.46. The van der Waals surface area contributed by atoms with Crippen molar-refractivity contribution in [2.45, 2.75) is 32.7 Å². The minimum Gasteiger partial charge on any atom is -0.341 e. The van der Waals surface area contributed by atoms with Crippen LogP contribution < -0.4 is 11.2 Å². The molecule has 112 valence electrons. The van der Waals surface area contributed by atoms with Crippen LogP contribution in [0.4, 0.5) is 0 Å². The van der Waals surface area contributed by atoms with E-state index in [-0.39, 0.29) is 18.0 Å². The fraction of sp³-hybridized carbons (Fsp3) is 0.571. The molecule has 21 heavy (non-hydrogen) atoms. The van der Waals surface area contributed by atoms with Crippen LogP contribution in [0.1, 0.15) is 31.7 Å². The summed E-state index contributed by atoms with van der Waals surface area (Å²) in [4.78, 5) is 39.0. The topological polar surface area (TPSA) is 99.0 Å². The Morgan fingerprint density at radius 3 is 2.90 bits per heavy atom. The van der Waals surface area contributed by atoms with Gasteiger partial charge < -0.3 is 4.90 Å². The zero-order valence-electron chi connectivity index (χ0n) is 12.0. The summed E-state index contributed by atoms with van der Waals surface area (Å²) >= 11 is 0. The standard InChI is InChI=1S/C14H18N4O3/c1-10-3-2-5-17(6-4-10)12(19)9-18-8-11(7-15)13(20)16-14(18)21/h8,10H,2-6,9H2,1H3,(H,16,20,21)/t10-/m0/s1. The van der Waals surface area contributed by atoms with Gasteiger partial charge in [0.25, 0.3) is 5.56 Å². The number of carbonyl (C=O) groups excluding carboxylic acids is 1. The van der Waals surface area contributed by atoms with Crippen LogP contribution in [0.25, 0.3) is 0 Å². The van der Waals surface area contributed by atoms with Crippen LogP contribution in [0.2, 0.25) is 0 Å². The van der Waals surface area contributed by atoms with Crippen LogP contribution in [0.5, 0.6) is 0 Å². The number of aromatic amines is 1. The molecule has 1 aliphatic rings. The van der Waals surface area contributed by atoms with Gasteiger partial charge in [-0.2, -0.15) is 5.26 Å². The zero-order valence-corrected chi connectivity index (χ0v) is 12.0. The molecule has 1 aromatic rings. The second-order valence-corrected chi connectivity index (χ2v) is 5.46. The van der Waals surface area contributed by atoms with E-state index in [0.717, 1.165) is 30.0 Å². The Hall–Kier alpha value is -2.36. The number of nitrogens with one attached hydrogen (secondary N) is 1. The van der Waals surface area contributed by atoms with Gasteiger partial charge in [0.05, 0.1) is 0 Å². The highest BCUT2D eigenvalue weighted by molar-refractivity contribution is 5.76. The average Bonchev–Trinajstić information content (AvgIpc) is 2.66. The summed E-state index contributed by atoms with van der Waals surface area (Å²) in [6, 6.07) is 1.70. The lowest BCUT2D eigenvalue weighted by atomic mass is 10.0. The lowest BCUT2D eigenvalue weighted by Crippen LogP contribution is -2.39. The van der Waals surface area contributed by atoms with Gasteiger partial charge in [0.2, 0.25) is 5.91 Å². The molecule has 1 atom stereocenters. The molecule has 1 aliphatic heterocycles. The van der Waals surface area contributed by atoms with Crippen LogP contribution in [0.3, 0.4) is 0 Å². The number of nitriles is 1. The zero-order chi connectivity index (χ0) is 15.4. The second-order valence-electron chi connectivity index (χ2n) is 5.46. The first-order valence-electron chi connectivity index (χ1n) is 7.03. The summed E-state index contributed by atoms with van der Waals surface area (Å²) in [6.45, 7) is 3.38. The van der Waals surface area contributed by atoms with Gasteiger partial charge in [-0.25, -0.2) is 4.79 Å². The van der Waals surface area contributed by atoms with Gasteiger partial charge in [-0.3, -0.25) is 19.1 Å². The Morgan fingerprint density at radius 2 is 2.19 bits per heavy atom. The quantitative estimate of drug-likeness (QED) is 0.832. The van der Waals surface area contributed by atoms with E-state index in [1.165, 1.54) is 0 Å². The molecular weight excluding hydrogens is 272 g/mol. The molecule has 1 saturated heterocycles. The van der Waals surface area contributed by atoms with Crippen molar-refractivity contribution in [3.8, 4) is 6.07 Å². The van der Waals surface area contributed by atoms with Crippen molar-refractivity contribution in [1.29, 1.82) is 5.26 Å². The van der Waals surface area contributed by atoms with E-state index in [1.54, 1.807) is 11.0 Å². The molecule has 0 bridgehead atoms. The van der Waals surface area contributed by atoms with Crippen molar-refractivity contribution in [3.63, 3.8) is 0 Å². The number of H-pyrrole nitrogens is 1. The fourth-order valence-corrected chi connectivity index (χ4v) is 2.46. The number of likely N-dealkylation sites (tertiary alicyclic amines) is 1. The third-order valence-electron chi connectivity index (χ3n) is 3.81. The Morgan fingerprint density at radius 1 is 1.43 bits per heavy atom. The van der Waals surface area contributed by atoms with E-state index in [4.69, 9.17) is 5.26 Å². The maximum atomic E-state index is 12.3. The smallest absolute Gasteiger partial charge is 0.328 e. The minimum atomic E-state index is -0.727. The van der Waals surface area contributed by atoms with Crippen molar-refractivity contribution in [2.24, 2.45) is 5.92 Å². The summed E-state index contributed by atoms with van der Waals surface area (Å²) in [5.41, 5.74) is -1.57. The number of carbonyl (C=O) groups is 1. The number of aromatic nitrogens is 2. The molecule has 0 aliphatic carbocycles. The van der Waals surface area contributed by atoms with Gasteiger partial charge in [0.1, 0.15) is 18.2 Å². The third-order valence-corrected chi connectivity index (χ3v) is 3.81. The number of nitrogens with zero attached hydrogens (tertiary/aromatic N) is 3. The summed E-state index contributed by atoms with van der Waals surface area (Å²) in [5.74, 6) is 0.436. The van der Waals surface area contributed by atoms with E-state index in [9.17, 15) is 14.4 Å². The van der Waals surface area contributed by atoms with Crippen molar-refractivity contribution in [1.82, 2.24) is 14.5 Å². The minimum absolute atomic E-state index is 0.154. The Labute approximate surface area is 121 Å². The molecule has 1 N–H and O–H groups in total. The molecule has 0 unspecified atom stereocenters. The van der Waals surface area contributed by atoms with Gasteiger partial charge in [0, 0.05) is 19.3 Å². The van der Waals surface area contributed by atoms with Gasteiger partial charge in [0.15, 0.2) is 0 Å².